The van der Waals surface area contributed by atoms with Crippen molar-refractivity contribution >= 4 is 6.09 Å². The van der Waals surface area contributed by atoms with Gasteiger partial charge in [0, 0.05) is 0 Å². The second kappa shape index (κ2) is 10.1. The highest BCUT2D eigenvalue weighted by atomic mass is 16.5. The fourth-order valence-electron chi connectivity index (χ4n) is 2.68. The molecule has 0 saturated heterocycles. The summed E-state index contributed by atoms with van der Waals surface area (Å²) in [7, 11) is 0. The minimum Gasteiger partial charge on any atom is -0.489 e. The van der Waals surface area contributed by atoms with Crippen LogP contribution in [0.25, 0.3) is 0 Å². The van der Waals surface area contributed by atoms with E-state index < -0.39 is 12.1 Å². The first kappa shape index (κ1) is 19.5. The van der Waals surface area contributed by atoms with Gasteiger partial charge in [0.1, 0.15) is 19.0 Å². The summed E-state index contributed by atoms with van der Waals surface area (Å²) in [5.41, 5.74) is 2.76. The Hall–Kier alpha value is -3.31. The van der Waals surface area contributed by atoms with Crippen LogP contribution in [0.2, 0.25) is 0 Å². The number of aliphatic hydroxyl groups is 1. The van der Waals surface area contributed by atoms with E-state index in [9.17, 15) is 9.90 Å². The third-order valence-corrected chi connectivity index (χ3v) is 4.22. The van der Waals surface area contributed by atoms with Crippen molar-refractivity contribution in [3.63, 3.8) is 0 Å². The van der Waals surface area contributed by atoms with Gasteiger partial charge in [-0.05, 0) is 28.8 Å². The molecule has 0 aliphatic carbocycles. The Bertz CT molecular complexity index is 851. The highest BCUT2D eigenvalue weighted by Gasteiger charge is 2.14. The summed E-state index contributed by atoms with van der Waals surface area (Å²) in [5, 5.41) is 12.3. The average Bonchev–Trinajstić information content (AvgIpc) is 2.76. The van der Waals surface area contributed by atoms with E-state index in [0.717, 1.165) is 22.4 Å². The Balaban J connectivity index is 1.51. The molecule has 1 amide bonds. The molecule has 28 heavy (non-hydrogen) atoms. The number of alkyl carbamates (subject to hydrolysis) is 1. The summed E-state index contributed by atoms with van der Waals surface area (Å²) >= 11 is 0. The van der Waals surface area contributed by atoms with Gasteiger partial charge >= 0.3 is 6.09 Å². The van der Waals surface area contributed by atoms with E-state index in [1.54, 1.807) is 0 Å². The number of carbonyl (C=O) groups excluding carboxylic acids is 1. The second-order valence-electron chi connectivity index (χ2n) is 6.28. The van der Waals surface area contributed by atoms with Crippen LogP contribution in [0.4, 0.5) is 4.79 Å². The first-order valence-electron chi connectivity index (χ1n) is 9.09. The van der Waals surface area contributed by atoms with Gasteiger partial charge in [-0.3, -0.25) is 0 Å². The summed E-state index contributed by atoms with van der Waals surface area (Å²) in [6.45, 7) is 0.426. The number of hydrogen-bond donors (Lipinski definition) is 2. The highest BCUT2D eigenvalue weighted by Crippen LogP contribution is 2.19. The number of carbonyl (C=O) groups is 1. The number of rotatable bonds is 8. The summed E-state index contributed by atoms with van der Waals surface area (Å²) in [6.07, 6.45) is -0.577. The van der Waals surface area contributed by atoms with Crippen LogP contribution >= 0.6 is 0 Å². The largest absolute Gasteiger partial charge is 0.489 e. The van der Waals surface area contributed by atoms with Crippen LogP contribution in [0.1, 0.15) is 22.7 Å². The van der Waals surface area contributed by atoms with Crippen molar-refractivity contribution in [2.75, 3.05) is 6.61 Å². The maximum absolute atomic E-state index is 12.0. The zero-order valence-electron chi connectivity index (χ0n) is 15.5. The van der Waals surface area contributed by atoms with Crippen LogP contribution in [0.3, 0.4) is 0 Å². The molecule has 0 bridgehead atoms. The van der Waals surface area contributed by atoms with E-state index in [-0.39, 0.29) is 13.2 Å². The third-order valence-electron chi connectivity index (χ3n) is 4.22. The van der Waals surface area contributed by atoms with Gasteiger partial charge in [0.25, 0.3) is 0 Å². The first-order chi connectivity index (χ1) is 13.7. The lowest BCUT2D eigenvalue weighted by molar-refractivity contribution is 0.129. The van der Waals surface area contributed by atoms with Crippen LogP contribution in [-0.2, 0) is 18.0 Å². The van der Waals surface area contributed by atoms with Crippen molar-refractivity contribution < 1.29 is 19.4 Å². The van der Waals surface area contributed by atoms with E-state index in [2.05, 4.69) is 5.32 Å². The lowest BCUT2D eigenvalue weighted by atomic mass is 10.1. The van der Waals surface area contributed by atoms with Gasteiger partial charge in [0.15, 0.2) is 0 Å². The van der Waals surface area contributed by atoms with Crippen molar-refractivity contribution in [1.82, 2.24) is 5.32 Å². The zero-order chi connectivity index (χ0) is 19.6. The van der Waals surface area contributed by atoms with Crippen molar-refractivity contribution in [2.24, 2.45) is 0 Å². The molecule has 0 saturated carbocycles. The van der Waals surface area contributed by atoms with Gasteiger partial charge < -0.3 is 19.9 Å². The molecule has 0 radical (unpaired) electrons. The summed E-state index contributed by atoms with van der Waals surface area (Å²) in [5.74, 6) is 0.718. The summed E-state index contributed by atoms with van der Waals surface area (Å²) in [6, 6.07) is 26.1. The molecular formula is C23H23NO4. The molecule has 1 atom stereocenters. The molecule has 5 nitrogen and oxygen atoms in total. The molecule has 0 aliphatic heterocycles. The molecule has 0 aliphatic rings. The quantitative estimate of drug-likeness (QED) is 0.617. The van der Waals surface area contributed by atoms with Gasteiger partial charge in [0.05, 0.1) is 12.6 Å². The first-order valence-corrected chi connectivity index (χ1v) is 9.09. The van der Waals surface area contributed by atoms with E-state index in [1.165, 1.54) is 0 Å². The monoisotopic (exact) mass is 377 g/mol. The number of benzene rings is 3. The molecule has 3 aromatic rings. The van der Waals surface area contributed by atoms with Gasteiger partial charge in [-0.25, -0.2) is 4.79 Å². The van der Waals surface area contributed by atoms with Crippen LogP contribution in [0.15, 0.2) is 84.9 Å². The second-order valence-corrected chi connectivity index (χ2v) is 6.28. The molecule has 0 fully saturated rings. The predicted octanol–water partition coefficient (Wildman–Crippen LogP) is 4.23. The SMILES string of the molecule is O=C(N[C@@H](CO)c1ccc(OCc2ccccc2)cc1)OCc1ccccc1. The van der Waals surface area contributed by atoms with Crippen molar-refractivity contribution in [3.05, 3.63) is 102 Å². The zero-order valence-corrected chi connectivity index (χ0v) is 15.5. The van der Waals surface area contributed by atoms with Crippen LogP contribution in [-0.4, -0.2) is 17.8 Å². The van der Waals surface area contributed by atoms with Crippen molar-refractivity contribution in [1.29, 1.82) is 0 Å². The van der Waals surface area contributed by atoms with Gasteiger partial charge in [-0.15, -0.1) is 0 Å². The number of aliphatic hydroxyl groups excluding tert-OH is 1. The molecule has 144 valence electrons. The normalized spacial score (nSPS) is 11.5. The van der Waals surface area contributed by atoms with Crippen molar-refractivity contribution in [3.8, 4) is 5.75 Å². The summed E-state index contributed by atoms with van der Waals surface area (Å²) in [4.78, 5) is 12.0. The average molecular weight is 377 g/mol. The maximum atomic E-state index is 12.0. The number of ether oxygens (including phenoxy) is 2. The molecule has 5 heteroatoms. The van der Waals surface area contributed by atoms with E-state index in [4.69, 9.17) is 9.47 Å². The Labute approximate surface area is 164 Å². The third kappa shape index (κ3) is 5.86. The number of hydrogen-bond acceptors (Lipinski definition) is 4. The van der Waals surface area contributed by atoms with Gasteiger partial charge in [0.2, 0.25) is 0 Å². The fraction of sp³-hybridized carbons (Fsp3) is 0.174. The Morgan fingerprint density at radius 1 is 0.821 bits per heavy atom. The molecular weight excluding hydrogens is 354 g/mol. The Morgan fingerprint density at radius 3 is 1.96 bits per heavy atom. The molecule has 0 unspecified atom stereocenters. The Kier molecular flexibility index (Phi) is 7.04. The minimum atomic E-state index is -0.577. The molecule has 3 aromatic carbocycles. The predicted molar refractivity (Wildman–Crippen MR) is 107 cm³/mol. The lowest BCUT2D eigenvalue weighted by Crippen LogP contribution is -2.31. The summed E-state index contributed by atoms with van der Waals surface area (Å²) < 4.78 is 11.0. The molecule has 2 N–H and O–H groups in total. The Morgan fingerprint density at radius 2 is 1.39 bits per heavy atom. The standard InChI is InChI=1S/C23H23NO4/c25-15-22(24-23(26)28-17-19-9-5-2-6-10-19)20-11-13-21(14-12-20)27-16-18-7-3-1-4-8-18/h1-14,22,25H,15-17H2,(H,24,26)/t22-/m0/s1. The fourth-order valence-corrected chi connectivity index (χ4v) is 2.68. The molecule has 0 heterocycles. The van der Waals surface area contributed by atoms with E-state index in [0.29, 0.717) is 6.61 Å². The lowest BCUT2D eigenvalue weighted by Gasteiger charge is -2.17. The number of nitrogens with one attached hydrogen (secondary N) is 1. The number of amides is 1. The van der Waals surface area contributed by atoms with Gasteiger partial charge in [-0.2, -0.15) is 0 Å². The maximum Gasteiger partial charge on any atom is 0.408 e. The smallest absolute Gasteiger partial charge is 0.408 e. The van der Waals surface area contributed by atoms with Crippen LogP contribution < -0.4 is 10.1 Å². The van der Waals surface area contributed by atoms with Crippen molar-refractivity contribution in [2.45, 2.75) is 19.3 Å². The van der Waals surface area contributed by atoms with E-state index in [1.807, 2.05) is 84.9 Å². The highest BCUT2D eigenvalue weighted by molar-refractivity contribution is 5.68. The molecule has 0 aromatic heterocycles. The van der Waals surface area contributed by atoms with Crippen LogP contribution in [0, 0.1) is 0 Å². The molecule has 0 spiro atoms. The minimum absolute atomic E-state index is 0.178. The topological polar surface area (TPSA) is 67.8 Å². The van der Waals surface area contributed by atoms with Gasteiger partial charge in [-0.1, -0.05) is 72.8 Å². The van der Waals surface area contributed by atoms with E-state index >= 15 is 0 Å². The van der Waals surface area contributed by atoms with Crippen LogP contribution in [0.5, 0.6) is 5.75 Å². The molecule has 3 rings (SSSR count).